The number of aromatic nitrogens is 4. The molecule has 0 unspecified atom stereocenters. The number of sulfonamides is 1. The first-order chi connectivity index (χ1) is 14.5. The maximum atomic E-state index is 13.0. The van der Waals surface area contributed by atoms with Gasteiger partial charge in [-0.05, 0) is 65.7 Å². The van der Waals surface area contributed by atoms with Crippen molar-refractivity contribution in [3.05, 3.63) is 60.4 Å². The van der Waals surface area contributed by atoms with E-state index in [1.807, 2.05) is 0 Å². The van der Waals surface area contributed by atoms with Gasteiger partial charge in [-0.25, -0.2) is 13.1 Å². The average molecular weight is 427 g/mol. The van der Waals surface area contributed by atoms with E-state index >= 15 is 0 Å². The molecule has 0 atom stereocenters. The van der Waals surface area contributed by atoms with Crippen LogP contribution in [0.2, 0.25) is 0 Å². The Balaban J connectivity index is 1.50. The van der Waals surface area contributed by atoms with Crippen molar-refractivity contribution in [2.75, 3.05) is 18.4 Å². The summed E-state index contributed by atoms with van der Waals surface area (Å²) in [6, 6.07) is 13.2. The summed E-state index contributed by atoms with van der Waals surface area (Å²) < 4.78 is 29.0. The zero-order valence-corrected chi connectivity index (χ0v) is 17.1. The minimum absolute atomic E-state index is 0.145. The molecule has 0 aliphatic carbocycles. The van der Waals surface area contributed by atoms with Crippen LogP contribution in [0.15, 0.2) is 59.8 Å². The maximum absolute atomic E-state index is 13.0. The first-order valence-electron chi connectivity index (χ1n) is 9.79. The second kappa shape index (κ2) is 8.72. The molecule has 30 heavy (non-hydrogen) atoms. The predicted molar refractivity (Wildman–Crippen MR) is 111 cm³/mol. The van der Waals surface area contributed by atoms with Crippen LogP contribution < -0.4 is 5.32 Å². The van der Waals surface area contributed by atoms with Crippen molar-refractivity contribution < 1.29 is 13.2 Å². The van der Waals surface area contributed by atoms with E-state index in [-0.39, 0.29) is 16.4 Å². The number of hydrogen-bond acceptors (Lipinski definition) is 6. The van der Waals surface area contributed by atoms with Crippen LogP contribution in [0.3, 0.4) is 0 Å². The van der Waals surface area contributed by atoms with Gasteiger partial charge in [-0.15, -0.1) is 5.10 Å². The molecule has 156 valence electrons. The monoisotopic (exact) mass is 426 g/mol. The number of carbonyl (C=O) groups excluding carboxylic acids is 1. The summed E-state index contributed by atoms with van der Waals surface area (Å²) in [5.41, 5.74) is 1.62. The standard InChI is InChI=1S/C20H22N6O3S/c27-20(22-17-8-10-18(11-9-17)26-15-21-23-24-26)16-6-5-7-19(14-16)30(28,29)25-12-3-1-2-4-13-25/h5-11,14-15H,1-4,12-13H2,(H,22,27). The summed E-state index contributed by atoms with van der Waals surface area (Å²) in [6.07, 6.45) is 5.28. The molecule has 4 rings (SSSR count). The molecule has 1 aromatic heterocycles. The number of amides is 1. The summed E-state index contributed by atoms with van der Waals surface area (Å²) in [7, 11) is -3.61. The first kappa shape index (κ1) is 20.2. The molecule has 0 bridgehead atoms. The highest BCUT2D eigenvalue weighted by Gasteiger charge is 2.25. The molecule has 0 spiro atoms. The van der Waals surface area contributed by atoms with Crippen LogP contribution >= 0.6 is 0 Å². The van der Waals surface area contributed by atoms with Gasteiger partial charge < -0.3 is 5.32 Å². The predicted octanol–water partition coefficient (Wildman–Crippen LogP) is 2.48. The lowest BCUT2D eigenvalue weighted by Crippen LogP contribution is -2.32. The van der Waals surface area contributed by atoms with Gasteiger partial charge in [-0.2, -0.15) is 4.31 Å². The molecule has 0 radical (unpaired) electrons. The third kappa shape index (κ3) is 4.39. The Hall–Kier alpha value is -3.11. The number of nitrogens with one attached hydrogen (secondary N) is 1. The molecule has 1 saturated heterocycles. The lowest BCUT2D eigenvalue weighted by atomic mass is 10.2. The normalized spacial score (nSPS) is 15.5. The summed E-state index contributed by atoms with van der Waals surface area (Å²) in [5, 5.41) is 13.8. The third-order valence-corrected chi connectivity index (χ3v) is 6.93. The van der Waals surface area contributed by atoms with E-state index in [2.05, 4.69) is 20.8 Å². The molecule has 1 aliphatic rings. The third-order valence-electron chi connectivity index (χ3n) is 5.04. The second-order valence-corrected chi connectivity index (χ2v) is 9.04. The molecule has 1 amide bonds. The molecule has 1 fully saturated rings. The zero-order valence-electron chi connectivity index (χ0n) is 16.3. The van der Waals surface area contributed by atoms with E-state index in [0.29, 0.717) is 18.8 Å². The minimum atomic E-state index is -3.61. The highest BCUT2D eigenvalue weighted by molar-refractivity contribution is 7.89. The van der Waals surface area contributed by atoms with Gasteiger partial charge in [0.15, 0.2) is 0 Å². The van der Waals surface area contributed by atoms with E-state index < -0.39 is 10.0 Å². The lowest BCUT2D eigenvalue weighted by molar-refractivity contribution is 0.102. The van der Waals surface area contributed by atoms with Crippen molar-refractivity contribution in [2.24, 2.45) is 0 Å². The van der Waals surface area contributed by atoms with Crippen LogP contribution in [-0.2, 0) is 10.0 Å². The number of hydrogen-bond donors (Lipinski definition) is 1. The Bertz CT molecular complexity index is 1110. The summed E-state index contributed by atoms with van der Waals surface area (Å²) >= 11 is 0. The summed E-state index contributed by atoms with van der Waals surface area (Å²) in [5.74, 6) is -0.377. The molecular weight excluding hydrogens is 404 g/mol. The van der Waals surface area contributed by atoms with Gasteiger partial charge in [0.25, 0.3) is 5.91 Å². The summed E-state index contributed by atoms with van der Waals surface area (Å²) in [4.78, 5) is 12.8. The number of tetrazole rings is 1. The van der Waals surface area contributed by atoms with Crippen molar-refractivity contribution in [2.45, 2.75) is 30.6 Å². The fourth-order valence-electron chi connectivity index (χ4n) is 3.41. The molecule has 2 heterocycles. The van der Waals surface area contributed by atoms with Crippen LogP contribution in [0.5, 0.6) is 0 Å². The molecular formula is C20H22N6O3S. The number of nitrogens with zero attached hydrogens (tertiary/aromatic N) is 5. The fraction of sp³-hybridized carbons (Fsp3) is 0.300. The highest BCUT2D eigenvalue weighted by Crippen LogP contribution is 2.22. The van der Waals surface area contributed by atoms with E-state index in [9.17, 15) is 13.2 Å². The van der Waals surface area contributed by atoms with Gasteiger partial charge in [0, 0.05) is 24.3 Å². The van der Waals surface area contributed by atoms with E-state index in [1.54, 1.807) is 36.4 Å². The van der Waals surface area contributed by atoms with Crippen LogP contribution in [-0.4, -0.2) is 51.9 Å². The van der Waals surface area contributed by atoms with Crippen molar-refractivity contribution in [3.63, 3.8) is 0 Å². The molecule has 3 aromatic rings. The zero-order chi connectivity index (χ0) is 21.0. The lowest BCUT2D eigenvalue weighted by Gasteiger charge is -2.20. The first-order valence-corrected chi connectivity index (χ1v) is 11.2. The van der Waals surface area contributed by atoms with Crippen molar-refractivity contribution in [1.29, 1.82) is 0 Å². The van der Waals surface area contributed by atoms with Gasteiger partial charge in [0.05, 0.1) is 10.6 Å². The van der Waals surface area contributed by atoms with Crippen molar-refractivity contribution in [1.82, 2.24) is 24.5 Å². The van der Waals surface area contributed by atoms with Crippen LogP contribution in [0.4, 0.5) is 5.69 Å². The Morgan fingerprint density at radius 3 is 2.37 bits per heavy atom. The minimum Gasteiger partial charge on any atom is -0.322 e. The van der Waals surface area contributed by atoms with E-state index in [0.717, 1.165) is 31.4 Å². The van der Waals surface area contributed by atoms with Crippen molar-refractivity contribution >= 4 is 21.6 Å². The molecule has 0 saturated carbocycles. The largest absolute Gasteiger partial charge is 0.322 e. The molecule has 2 aromatic carbocycles. The molecule has 10 heteroatoms. The Kier molecular flexibility index (Phi) is 5.86. The van der Waals surface area contributed by atoms with Gasteiger partial charge in [0.2, 0.25) is 10.0 Å². The van der Waals surface area contributed by atoms with Crippen LogP contribution in [0, 0.1) is 0 Å². The quantitative estimate of drug-likeness (QED) is 0.671. The van der Waals surface area contributed by atoms with Crippen LogP contribution in [0.1, 0.15) is 36.0 Å². The number of anilines is 1. The number of rotatable bonds is 5. The number of benzene rings is 2. The Morgan fingerprint density at radius 2 is 1.70 bits per heavy atom. The molecule has 1 N–H and O–H groups in total. The van der Waals surface area contributed by atoms with E-state index in [4.69, 9.17) is 0 Å². The highest BCUT2D eigenvalue weighted by atomic mass is 32.2. The number of carbonyl (C=O) groups is 1. The topological polar surface area (TPSA) is 110 Å². The summed E-state index contributed by atoms with van der Waals surface area (Å²) in [6.45, 7) is 1.04. The fourth-order valence-corrected chi connectivity index (χ4v) is 4.97. The van der Waals surface area contributed by atoms with Gasteiger partial charge in [-0.3, -0.25) is 4.79 Å². The van der Waals surface area contributed by atoms with Gasteiger partial charge in [0.1, 0.15) is 6.33 Å². The SMILES string of the molecule is O=C(Nc1ccc(-n2cnnn2)cc1)c1cccc(S(=O)(=O)N2CCCCCC2)c1. The van der Waals surface area contributed by atoms with Crippen molar-refractivity contribution in [3.8, 4) is 5.69 Å². The van der Waals surface area contributed by atoms with Crippen LogP contribution in [0.25, 0.3) is 5.69 Å². The molecule has 9 nitrogen and oxygen atoms in total. The van der Waals surface area contributed by atoms with E-state index in [1.165, 1.54) is 27.4 Å². The Morgan fingerprint density at radius 1 is 0.967 bits per heavy atom. The second-order valence-electron chi connectivity index (χ2n) is 7.10. The molecule has 1 aliphatic heterocycles. The van der Waals surface area contributed by atoms with Gasteiger partial charge >= 0.3 is 0 Å². The average Bonchev–Trinajstić information content (AvgIpc) is 3.16. The Labute approximate surface area is 174 Å². The maximum Gasteiger partial charge on any atom is 0.255 e. The van der Waals surface area contributed by atoms with Gasteiger partial charge in [-0.1, -0.05) is 18.9 Å². The smallest absolute Gasteiger partial charge is 0.255 e.